The highest BCUT2D eigenvalue weighted by molar-refractivity contribution is 7.18. The van der Waals surface area contributed by atoms with Gasteiger partial charge in [0, 0.05) is 24.9 Å². The van der Waals surface area contributed by atoms with Crippen molar-refractivity contribution in [3.63, 3.8) is 0 Å². The lowest BCUT2D eigenvalue weighted by Gasteiger charge is -2.27. The van der Waals surface area contributed by atoms with Gasteiger partial charge in [-0.1, -0.05) is 12.1 Å². The molecule has 6 heteroatoms. The number of likely N-dealkylation sites (tertiary alicyclic amines) is 1. The van der Waals surface area contributed by atoms with Crippen LogP contribution in [0.5, 0.6) is 0 Å². The van der Waals surface area contributed by atoms with Gasteiger partial charge in [0.25, 0.3) is 0 Å². The Morgan fingerprint density at radius 2 is 2.28 bits per heavy atom. The largest absolute Gasteiger partial charge is 0.351 e. The van der Waals surface area contributed by atoms with Gasteiger partial charge in [-0.25, -0.2) is 4.98 Å². The fraction of sp³-hybridized carbons (Fsp3) is 0.526. The van der Waals surface area contributed by atoms with E-state index in [1.165, 1.54) is 4.70 Å². The van der Waals surface area contributed by atoms with E-state index in [-0.39, 0.29) is 23.4 Å². The maximum Gasteiger partial charge on any atom is 0.223 e. The Labute approximate surface area is 151 Å². The number of rotatable bonds is 4. The molecular formula is C19H23N3O2S. The van der Waals surface area contributed by atoms with Crippen LogP contribution in [0.4, 0.5) is 0 Å². The average molecular weight is 357 g/mol. The molecular weight excluding hydrogens is 334 g/mol. The van der Waals surface area contributed by atoms with Crippen LogP contribution in [0.2, 0.25) is 0 Å². The summed E-state index contributed by atoms with van der Waals surface area (Å²) < 4.78 is 1.18. The Bertz CT molecular complexity index is 785. The molecule has 4 rings (SSSR count). The number of fused-ring (bicyclic) bond motifs is 1. The lowest BCUT2D eigenvalue weighted by molar-refractivity contribution is -0.132. The van der Waals surface area contributed by atoms with Crippen molar-refractivity contribution in [1.29, 1.82) is 0 Å². The Morgan fingerprint density at radius 3 is 3.04 bits per heavy atom. The number of nitrogens with zero attached hydrogens (tertiary/aromatic N) is 2. The van der Waals surface area contributed by atoms with Gasteiger partial charge in [-0.15, -0.1) is 11.3 Å². The minimum Gasteiger partial charge on any atom is -0.351 e. The SMILES string of the molecule is C[C@]1(CCC(=O)N2CCC[C@H]2c2nc3ccccc3s2)CCC(=O)N1. The van der Waals surface area contributed by atoms with Crippen LogP contribution < -0.4 is 5.32 Å². The third-order valence-electron chi connectivity index (χ3n) is 5.40. The first-order valence-electron chi connectivity index (χ1n) is 9.00. The second-order valence-electron chi connectivity index (χ2n) is 7.37. The lowest BCUT2D eigenvalue weighted by atomic mass is 9.94. The summed E-state index contributed by atoms with van der Waals surface area (Å²) in [5.74, 6) is 0.285. The van der Waals surface area contributed by atoms with Crippen molar-refractivity contribution >= 4 is 33.4 Å². The van der Waals surface area contributed by atoms with Gasteiger partial charge < -0.3 is 10.2 Å². The van der Waals surface area contributed by atoms with Crippen molar-refractivity contribution in [2.24, 2.45) is 0 Å². The van der Waals surface area contributed by atoms with Crippen LogP contribution >= 0.6 is 11.3 Å². The number of benzene rings is 1. The Kier molecular flexibility index (Phi) is 4.23. The third kappa shape index (κ3) is 3.27. The highest BCUT2D eigenvalue weighted by Gasteiger charge is 2.36. The molecule has 132 valence electrons. The highest BCUT2D eigenvalue weighted by atomic mass is 32.1. The van der Waals surface area contributed by atoms with Crippen LogP contribution in [-0.2, 0) is 9.59 Å². The van der Waals surface area contributed by atoms with Crippen molar-refractivity contribution in [2.45, 2.75) is 57.0 Å². The van der Waals surface area contributed by atoms with E-state index in [1.807, 2.05) is 30.0 Å². The zero-order valence-corrected chi connectivity index (χ0v) is 15.3. The molecule has 2 aliphatic heterocycles. The molecule has 2 aromatic rings. The number of aromatic nitrogens is 1. The third-order valence-corrected chi connectivity index (χ3v) is 6.54. The van der Waals surface area contributed by atoms with E-state index in [9.17, 15) is 9.59 Å². The van der Waals surface area contributed by atoms with E-state index >= 15 is 0 Å². The molecule has 0 radical (unpaired) electrons. The van der Waals surface area contributed by atoms with E-state index in [0.717, 1.165) is 36.3 Å². The second-order valence-corrected chi connectivity index (χ2v) is 8.44. The molecule has 0 saturated carbocycles. The Morgan fingerprint density at radius 1 is 1.44 bits per heavy atom. The normalized spacial score (nSPS) is 26.4. The van der Waals surface area contributed by atoms with Crippen LogP contribution in [0, 0.1) is 0 Å². The second kappa shape index (κ2) is 6.41. The van der Waals surface area contributed by atoms with Crippen molar-refractivity contribution in [3.05, 3.63) is 29.3 Å². The van der Waals surface area contributed by atoms with Gasteiger partial charge in [0.05, 0.1) is 16.3 Å². The van der Waals surface area contributed by atoms with Crippen LogP contribution in [-0.4, -0.2) is 33.8 Å². The molecule has 1 N–H and O–H groups in total. The van der Waals surface area contributed by atoms with Crippen molar-refractivity contribution in [3.8, 4) is 0 Å². The first kappa shape index (κ1) is 16.5. The predicted octanol–water partition coefficient (Wildman–Crippen LogP) is 3.41. The predicted molar refractivity (Wildman–Crippen MR) is 98.3 cm³/mol. The number of nitrogens with one attached hydrogen (secondary N) is 1. The molecule has 1 aromatic heterocycles. The molecule has 25 heavy (non-hydrogen) atoms. The van der Waals surface area contributed by atoms with E-state index in [0.29, 0.717) is 19.3 Å². The van der Waals surface area contributed by atoms with Gasteiger partial charge >= 0.3 is 0 Å². The summed E-state index contributed by atoms with van der Waals surface area (Å²) in [6, 6.07) is 8.25. The van der Waals surface area contributed by atoms with Crippen molar-refractivity contribution in [2.75, 3.05) is 6.54 Å². The minimum atomic E-state index is -0.224. The quantitative estimate of drug-likeness (QED) is 0.912. The standard InChI is InChI=1S/C19H23N3O2S/c1-19(10-8-16(23)21-19)11-9-17(24)22-12-4-6-14(22)18-20-13-5-2-3-7-15(13)25-18/h2-3,5,7,14H,4,6,8-12H2,1H3,(H,21,23)/t14-,19+/m0/s1. The summed E-state index contributed by atoms with van der Waals surface area (Å²) in [5.41, 5.74) is 0.792. The summed E-state index contributed by atoms with van der Waals surface area (Å²) in [6.07, 6.45) is 4.60. The van der Waals surface area contributed by atoms with Crippen LogP contribution in [0.15, 0.2) is 24.3 Å². The number of thiazole rings is 1. The number of carbonyl (C=O) groups is 2. The molecule has 2 fully saturated rings. The molecule has 2 saturated heterocycles. The van der Waals surface area contributed by atoms with E-state index in [4.69, 9.17) is 4.98 Å². The first-order chi connectivity index (χ1) is 12.0. The molecule has 2 aliphatic rings. The molecule has 1 aromatic carbocycles. The van der Waals surface area contributed by atoms with Gasteiger partial charge in [0.2, 0.25) is 11.8 Å². The summed E-state index contributed by atoms with van der Waals surface area (Å²) in [6.45, 7) is 2.85. The molecule has 3 heterocycles. The maximum absolute atomic E-state index is 12.8. The highest BCUT2D eigenvalue weighted by Crippen LogP contribution is 2.37. The number of hydrogen-bond acceptors (Lipinski definition) is 4. The fourth-order valence-electron chi connectivity index (χ4n) is 3.92. The van der Waals surface area contributed by atoms with E-state index < -0.39 is 0 Å². The van der Waals surface area contributed by atoms with Gasteiger partial charge in [-0.3, -0.25) is 9.59 Å². The van der Waals surface area contributed by atoms with Gasteiger partial charge in [-0.2, -0.15) is 0 Å². The molecule has 0 aliphatic carbocycles. The van der Waals surface area contributed by atoms with Crippen LogP contribution in [0.25, 0.3) is 10.2 Å². The smallest absolute Gasteiger partial charge is 0.223 e. The first-order valence-corrected chi connectivity index (χ1v) is 9.82. The Balaban J connectivity index is 1.45. The van der Waals surface area contributed by atoms with E-state index in [1.54, 1.807) is 11.3 Å². The van der Waals surface area contributed by atoms with Crippen molar-refractivity contribution < 1.29 is 9.59 Å². The summed E-state index contributed by atoms with van der Waals surface area (Å²) in [5, 5.41) is 4.07. The summed E-state index contributed by atoms with van der Waals surface area (Å²) >= 11 is 1.70. The molecule has 5 nitrogen and oxygen atoms in total. The van der Waals surface area contributed by atoms with Crippen LogP contribution in [0.1, 0.15) is 56.5 Å². The zero-order chi connectivity index (χ0) is 17.4. The number of hydrogen-bond donors (Lipinski definition) is 1. The molecule has 2 amide bonds. The Hall–Kier alpha value is -1.95. The lowest BCUT2D eigenvalue weighted by Crippen LogP contribution is -2.40. The number of para-hydroxylation sites is 1. The molecule has 0 unspecified atom stereocenters. The monoisotopic (exact) mass is 357 g/mol. The van der Waals surface area contributed by atoms with E-state index in [2.05, 4.69) is 11.4 Å². The summed E-state index contributed by atoms with van der Waals surface area (Å²) in [7, 11) is 0. The van der Waals surface area contributed by atoms with Gasteiger partial charge in [-0.05, 0) is 44.7 Å². The topological polar surface area (TPSA) is 62.3 Å². The number of carbonyl (C=O) groups excluding carboxylic acids is 2. The zero-order valence-electron chi connectivity index (χ0n) is 14.5. The minimum absolute atomic E-state index is 0.100. The van der Waals surface area contributed by atoms with Crippen molar-refractivity contribution in [1.82, 2.24) is 15.2 Å². The fourth-order valence-corrected chi connectivity index (χ4v) is 5.03. The molecule has 2 atom stereocenters. The van der Waals surface area contributed by atoms with Gasteiger partial charge in [0.15, 0.2) is 0 Å². The maximum atomic E-state index is 12.8. The summed E-state index contributed by atoms with van der Waals surface area (Å²) in [4.78, 5) is 31.0. The molecule has 0 bridgehead atoms. The molecule has 0 spiro atoms. The average Bonchev–Trinajstić information content (AvgIpc) is 3.30. The number of amides is 2. The van der Waals surface area contributed by atoms with Gasteiger partial charge in [0.1, 0.15) is 5.01 Å². The van der Waals surface area contributed by atoms with Crippen LogP contribution in [0.3, 0.4) is 0 Å².